The summed E-state index contributed by atoms with van der Waals surface area (Å²) in [5.74, 6) is 0. The van der Waals surface area contributed by atoms with E-state index < -0.39 is 0 Å². The Bertz CT molecular complexity index is 219. The first kappa shape index (κ1) is 8.07. The molecule has 62 valence electrons. The number of aromatic nitrogens is 1. The maximum atomic E-state index is 5.35. The number of hydrogen-bond acceptors (Lipinski definition) is 4. The molecule has 0 atom stereocenters. The van der Waals surface area contributed by atoms with Gasteiger partial charge in [-0.3, -0.25) is 0 Å². The van der Waals surface area contributed by atoms with Crippen LogP contribution in [0.25, 0.3) is 0 Å². The lowest BCUT2D eigenvalue weighted by Crippen LogP contribution is -2.09. The van der Waals surface area contributed by atoms with Crippen molar-refractivity contribution >= 4 is 6.01 Å². The van der Waals surface area contributed by atoms with Gasteiger partial charge in [-0.1, -0.05) is 0 Å². The predicted molar refractivity (Wildman–Crippen MR) is 43.6 cm³/mol. The normalized spacial score (nSPS) is 10.1. The fraction of sp³-hybridized carbons (Fsp3) is 0.571. The highest BCUT2D eigenvalue weighted by atomic mass is 16.4. The maximum absolute atomic E-state index is 5.35. The monoisotopic (exact) mass is 155 g/mol. The summed E-state index contributed by atoms with van der Waals surface area (Å²) in [7, 11) is 3.77. The second kappa shape index (κ2) is 3.39. The minimum atomic E-state index is 0.611. The Kier molecular flexibility index (Phi) is 2.48. The lowest BCUT2D eigenvalue weighted by molar-refractivity contribution is 0.554. The summed E-state index contributed by atoms with van der Waals surface area (Å²) in [5.41, 5.74) is 6.26. The zero-order valence-corrected chi connectivity index (χ0v) is 6.87. The molecule has 0 bridgehead atoms. The number of oxazole rings is 1. The van der Waals surface area contributed by atoms with Crippen LogP contribution in [0.1, 0.15) is 5.69 Å². The van der Waals surface area contributed by atoms with Crippen molar-refractivity contribution in [3.05, 3.63) is 12.0 Å². The van der Waals surface area contributed by atoms with E-state index in [1.54, 1.807) is 6.26 Å². The molecule has 1 rings (SSSR count). The van der Waals surface area contributed by atoms with E-state index in [0.29, 0.717) is 12.6 Å². The van der Waals surface area contributed by atoms with E-state index in [1.165, 1.54) is 0 Å². The van der Waals surface area contributed by atoms with Crippen molar-refractivity contribution < 1.29 is 4.42 Å². The molecule has 11 heavy (non-hydrogen) atoms. The Labute approximate surface area is 66.0 Å². The summed E-state index contributed by atoms with van der Waals surface area (Å²) in [4.78, 5) is 6.00. The van der Waals surface area contributed by atoms with E-state index in [2.05, 4.69) is 4.98 Å². The van der Waals surface area contributed by atoms with E-state index in [0.717, 1.165) is 12.1 Å². The van der Waals surface area contributed by atoms with Gasteiger partial charge >= 0.3 is 0 Å². The van der Waals surface area contributed by atoms with E-state index in [4.69, 9.17) is 10.2 Å². The van der Waals surface area contributed by atoms with Crippen molar-refractivity contribution in [3.63, 3.8) is 0 Å². The maximum Gasteiger partial charge on any atom is 0.296 e. The van der Waals surface area contributed by atoms with Gasteiger partial charge < -0.3 is 15.1 Å². The quantitative estimate of drug-likeness (QED) is 0.679. The smallest absolute Gasteiger partial charge is 0.296 e. The third-order valence-corrected chi connectivity index (χ3v) is 1.32. The van der Waals surface area contributed by atoms with Crippen molar-refractivity contribution in [2.24, 2.45) is 5.73 Å². The number of nitrogens with two attached hydrogens (primary N) is 1. The average Bonchev–Trinajstić information content (AvgIpc) is 2.37. The molecule has 1 aromatic heterocycles. The van der Waals surface area contributed by atoms with Crippen LogP contribution in [0.4, 0.5) is 6.01 Å². The summed E-state index contributed by atoms with van der Waals surface area (Å²) < 4.78 is 5.14. The van der Waals surface area contributed by atoms with Crippen molar-refractivity contribution in [2.45, 2.75) is 6.42 Å². The van der Waals surface area contributed by atoms with Gasteiger partial charge in [0, 0.05) is 20.5 Å². The summed E-state index contributed by atoms with van der Waals surface area (Å²) in [5, 5.41) is 0. The molecule has 0 unspecified atom stereocenters. The molecule has 0 aliphatic rings. The lowest BCUT2D eigenvalue weighted by Gasteiger charge is -2.03. The van der Waals surface area contributed by atoms with Crippen molar-refractivity contribution in [3.8, 4) is 0 Å². The van der Waals surface area contributed by atoms with Crippen molar-refractivity contribution in [2.75, 3.05) is 25.5 Å². The highest BCUT2D eigenvalue weighted by Gasteiger charge is 2.03. The van der Waals surface area contributed by atoms with Gasteiger partial charge in [-0.2, -0.15) is 4.98 Å². The third-order valence-electron chi connectivity index (χ3n) is 1.32. The summed E-state index contributed by atoms with van der Waals surface area (Å²) in [6, 6.07) is 0.633. The molecule has 0 saturated heterocycles. The summed E-state index contributed by atoms with van der Waals surface area (Å²) in [6.45, 7) is 0.611. The van der Waals surface area contributed by atoms with Gasteiger partial charge in [0.2, 0.25) is 0 Å². The molecule has 0 fully saturated rings. The van der Waals surface area contributed by atoms with Gasteiger partial charge in [-0.25, -0.2) is 0 Å². The first-order valence-electron chi connectivity index (χ1n) is 3.56. The zero-order chi connectivity index (χ0) is 8.27. The van der Waals surface area contributed by atoms with Gasteiger partial charge in [-0.05, 0) is 6.54 Å². The number of nitrogens with zero attached hydrogens (tertiary/aromatic N) is 2. The molecule has 0 saturated carbocycles. The van der Waals surface area contributed by atoms with Gasteiger partial charge in [0.05, 0.1) is 5.69 Å². The van der Waals surface area contributed by atoms with Crippen LogP contribution in [-0.2, 0) is 6.42 Å². The van der Waals surface area contributed by atoms with Gasteiger partial charge in [0.1, 0.15) is 6.26 Å². The Morgan fingerprint density at radius 2 is 2.36 bits per heavy atom. The number of rotatable bonds is 3. The summed E-state index contributed by atoms with van der Waals surface area (Å²) >= 11 is 0. The minimum absolute atomic E-state index is 0.611. The van der Waals surface area contributed by atoms with Crippen LogP contribution < -0.4 is 10.6 Å². The van der Waals surface area contributed by atoms with Crippen LogP contribution in [0, 0.1) is 0 Å². The molecule has 4 heteroatoms. The van der Waals surface area contributed by atoms with E-state index in [9.17, 15) is 0 Å². The van der Waals surface area contributed by atoms with Crippen LogP contribution >= 0.6 is 0 Å². The topological polar surface area (TPSA) is 55.3 Å². The fourth-order valence-corrected chi connectivity index (χ4v) is 0.764. The molecule has 4 nitrogen and oxygen atoms in total. The molecule has 0 aliphatic carbocycles. The predicted octanol–water partition coefficient (Wildman–Crippen LogP) is 0.242. The Morgan fingerprint density at radius 3 is 2.82 bits per heavy atom. The fourth-order valence-electron chi connectivity index (χ4n) is 0.764. The molecule has 0 radical (unpaired) electrons. The van der Waals surface area contributed by atoms with Gasteiger partial charge in [0.15, 0.2) is 0 Å². The van der Waals surface area contributed by atoms with Crippen LogP contribution in [0.15, 0.2) is 10.7 Å². The van der Waals surface area contributed by atoms with E-state index in [-0.39, 0.29) is 0 Å². The lowest BCUT2D eigenvalue weighted by atomic mass is 10.3. The molecule has 1 aromatic rings. The Balaban J connectivity index is 2.66. The first-order chi connectivity index (χ1) is 5.24. The Hall–Kier alpha value is -1.03. The van der Waals surface area contributed by atoms with Crippen molar-refractivity contribution in [1.29, 1.82) is 0 Å². The largest absolute Gasteiger partial charge is 0.432 e. The highest BCUT2D eigenvalue weighted by molar-refractivity contribution is 5.23. The van der Waals surface area contributed by atoms with Crippen LogP contribution in [-0.4, -0.2) is 25.6 Å². The van der Waals surface area contributed by atoms with E-state index in [1.807, 2.05) is 19.0 Å². The van der Waals surface area contributed by atoms with E-state index >= 15 is 0 Å². The van der Waals surface area contributed by atoms with Crippen molar-refractivity contribution in [1.82, 2.24) is 4.98 Å². The average molecular weight is 155 g/mol. The molecular weight excluding hydrogens is 142 g/mol. The molecular formula is C7H13N3O. The second-order valence-electron chi connectivity index (χ2n) is 2.55. The molecule has 0 spiro atoms. The van der Waals surface area contributed by atoms with Crippen LogP contribution in [0.3, 0.4) is 0 Å². The zero-order valence-electron chi connectivity index (χ0n) is 6.87. The minimum Gasteiger partial charge on any atom is -0.432 e. The van der Waals surface area contributed by atoms with Gasteiger partial charge in [-0.15, -0.1) is 0 Å². The van der Waals surface area contributed by atoms with Crippen LogP contribution in [0.2, 0.25) is 0 Å². The first-order valence-corrected chi connectivity index (χ1v) is 3.56. The number of anilines is 1. The SMILES string of the molecule is CN(C)c1nc(CCN)co1. The third kappa shape index (κ3) is 1.94. The van der Waals surface area contributed by atoms with Gasteiger partial charge in [0.25, 0.3) is 6.01 Å². The molecule has 0 amide bonds. The molecule has 1 heterocycles. The van der Waals surface area contributed by atoms with Crippen LogP contribution in [0.5, 0.6) is 0 Å². The number of hydrogen-bond donors (Lipinski definition) is 1. The molecule has 2 N–H and O–H groups in total. The highest BCUT2D eigenvalue weighted by Crippen LogP contribution is 2.09. The molecule has 0 aliphatic heterocycles. The Morgan fingerprint density at radius 1 is 1.64 bits per heavy atom. The molecule has 0 aromatic carbocycles. The standard InChI is InChI=1S/C7H13N3O/c1-10(2)7-9-6(3-4-8)5-11-7/h5H,3-4,8H2,1-2H3. The second-order valence-corrected chi connectivity index (χ2v) is 2.55. The summed E-state index contributed by atoms with van der Waals surface area (Å²) in [6.07, 6.45) is 2.42.